The lowest BCUT2D eigenvalue weighted by Crippen LogP contribution is -2.15. The van der Waals surface area contributed by atoms with E-state index >= 15 is 0 Å². The number of nitrogens with two attached hydrogens (primary N) is 1. The Kier molecular flexibility index (Phi) is 2.11. The van der Waals surface area contributed by atoms with Gasteiger partial charge in [-0.05, 0) is 30.7 Å². The van der Waals surface area contributed by atoms with Gasteiger partial charge in [-0.15, -0.1) is 11.8 Å². The molecule has 0 aliphatic carbocycles. The first kappa shape index (κ1) is 8.14. The van der Waals surface area contributed by atoms with Crippen LogP contribution in [0.1, 0.15) is 23.6 Å². The van der Waals surface area contributed by atoms with Crippen molar-refractivity contribution in [2.75, 3.05) is 5.75 Å². The molecule has 12 heavy (non-hydrogen) atoms. The molecule has 0 amide bonds. The third-order valence-electron chi connectivity index (χ3n) is 2.25. The van der Waals surface area contributed by atoms with E-state index in [4.69, 9.17) is 5.73 Å². The maximum atomic E-state index is 6.00. The highest BCUT2D eigenvalue weighted by molar-refractivity contribution is 7.99. The molecule has 0 radical (unpaired) electrons. The van der Waals surface area contributed by atoms with E-state index in [1.54, 1.807) is 0 Å². The van der Waals surface area contributed by atoms with Gasteiger partial charge >= 0.3 is 0 Å². The van der Waals surface area contributed by atoms with Crippen LogP contribution in [0.25, 0.3) is 0 Å². The van der Waals surface area contributed by atoms with Crippen molar-refractivity contribution in [3.63, 3.8) is 0 Å². The topological polar surface area (TPSA) is 26.0 Å². The molecule has 0 saturated carbocycles. The average molecular weight is 179 g/mol. The SMILES string of the molecule is Cc1ccc2c(c1)[C@@H](N)CCS2. The Morgan fingerprint density at radius 1 is 1.50 bits per heavy atom. The van der Waals surface area contributed by atoms with Gasteiger partial charge in [0.15, 0.2) is 0 Å². The number of aryl methyl sites for hydroxylation is 1. The van der Waals surface area contributed by atoms with Gasteiger partial charge in [-0.3, -0.25) is 0 Å². The van der Waals surface area contributed by atoms with Gasteiger partial charge in [0.1, 0.15) is 0 Å². The Balaban J connectivity index is 2.47. The highest BCUT2D eigenvalue weighted by atomic mass is 32.2. The van der Waals surface area contributed by atoms with Gasteiger partial charge in [0.25, 0.3) is 0 Å². The third-order valence-corrected chi connectivity index (χ3v) is 3.37. The molecular formula is C10H13NS. The van der Waals surface area contributed by atoms with E-state index in [1.807, 2.05) is 11.8 Å². The van der Waals surface area contributed by atoms with Crippen molar-refractivity contribution in [2.24, 2.45) is 5.73 Å². The van der Waals surface area contributed by atoms with E-state index in [1.165, 1.54) is 16.0 Å². The van der Waals surface area contributed by atoms with Crippen LogP contribution in [-0.2, 0) is 0 Å². The molecular weight excluding hydrogens is 166 g/mol. The van der Waals surface area contributed by atoms with Gasteiger partial charge < -0.3 is 5.73 Å². The molecule has 0 bridgehead atoms. The normalized spacial score (nSPS) is 22.0. The summed E-state index contributed by atoms with van der Waals surface area (Å²) >= 11 is 1.92. The van der Waals surface area contributed by atoms with E-state index in [2.05, 4.69) is 25.1 Å². The molecule has 0 unspecified atom stereocenters. The molecule has 0 spiro atoms. The van der Waals surface area contributed by atoms with Crippen LogP contribution in [-0.4, -0.2) is 5.75 Å². The summed E-state index contributed by atoms with van der Waals surface area (Å²) in [6, 6.07) is 6.82. The smallest absolute Gasteiger partial charge is 0.0314 e. The number of hydrogen-bond acceptors (Lipinski definition) is 2. The summed E-state index contributed by atoms with van der Waals surface area (Å²) in [5, 5.41) is 0. The molecule has 1 heterocycles. The molecule has 0 fully saturated rings. The summed E-state index contributed by atoms with van der Waals surface area (Å²) in [5.41, 5.74) is 8.65. The molecule has 0 aromatic heterocycles. The van der Waals surface area contributed by atoms with Crippen LogP contribution < -0.4 is 5.73 Å². The van der Waals surface area contributed by atoms with Crippen molar-refractivity contribution < 1.29 is 0 Å². The summed E-state index contributed by atoms with van der Waals surface area (Å²) in [4.78, 5) is 1.37. The lowest BCUT2D eigenvalue weighted by Gasteiger charge is -2.21. The highest BCUT2D eigenvalue weighted by Gasteiger charge is 2.16. The first-order chi connectivity index (χ1) is 5.77. The minimum absolute atomic E-state index is 0.265. The molecule has 0 saturated heterocycles. The standard InChI is InChI=1S/C10H13NS/c1-7-2-3-10-8(6-7)9(11)4-5-12-10/h2-3,6,9H,4-5,11H2,1H3/t9-/m0/s1. The molecule has 1 aromatic carbocycles. The highest BCUT2D eigenvalue weighted by Crippen LogP contribution is 2.34. The molecule has 2 heteroatoms. The van der Waals surface area contributed by atoms with Gasteiger partial charge in [-0.1, -0.05) is 17.7 Å². The average Bonchev–Trinajstić information content (AvgIpc) is 2.07. The number of benzene rings is 1. The van der Waals surface area contributed by atoms with E-state index in [-0.39, 0.29) is 6.04 Å². The van der Waals surface area contributed by atoms with Crippen molar-refractivity contribution in [2.45, 2.75) is 24.3 Å². The minimum atomic E-state index is 0.265. The van der Waals surface area contributed by atoms with Crippen molar-refractivity contribution >= 4 is 11.8 Å². The van der Waals surface area contributed by atoms with Gasteiger partial charge in [0.05, 0.1) is 0 Å². The van der Waals surface area contributed by atoms with Crippen molar-refractivity contribution in [1.82, 2.24) is 0 Å². The number of thioether (sulfide) groups is 1. The third kappa shape index (κ3) is 1.37. The van der Waals surface area contributed by atoms with E-state index in [0.717, 1.165) is 12.2 Å². The van der Waals surface area contributed by atoms with Crippen LogP contribution in [0.4, 0.5) is 0 Å². The fourth-order valence-corrected chi connectivity index (χ4v) is 2.67. The zero-order valence-corrected chi connectivity index (χ0v) is 8.03. The van der Waals surface area contributed by atoms with E-state index in [9.17, 15) is 0 Å². The molecule has 64 valence electrons. The van der Waals surface area contributed by atoms with Crippen molar-refractivity contribution in [3.05, 3.63) is 29.3 Å². The minimum Gasteiger partial charge on any atom is -0.324 e. The first-order valence-electron chi connectivity index (χ1n) is 4.26. The van der Waals surface area contributed by atoms with Crippen LogP contribution in [0.2, 0.25) is 0 Å². The first-order valence-corrected chi connectivity index (χ1v) is 5.25. The maximum absolute atomic E-state index is 6.00. The Labute approximate surface area is 77.3 Å². The van der Waals surface area contributed by atoms with Crippen molar-refractivity contribution in [3.8, 4) is 0 Å². The second kappa shape index (κ2) is 3.11. The molecule has 1 aromatic rings. The summed E-state index contributed by atoms with van der Waals surface area (Å²) in [7, 11) is 0. The van der Waals surface area contributed by atoms with Gasteiger partial charge in [0.2, 0.25) is 0 Å². The van der Waals surface area contributed by atoms with Crippen LogP contribution in [0, 0.1) is 6.92 Å². The van der Waals surface area contributed by atoms with Gasteiger partial charge in [-0.2, -0.15) is 0 Å². The maximum Gasteiger partial charge on any atom is 0.0314 e. The molecule has 1 aliphatic heterocycles. The lowest BCUT2D eigenvalue weighted by atomic mass is 10.0. The summed E-state index contributed by atoms with van der Waals surface area (Å²) < 4.78 is 0. The fraction of sp³-hybridized carbons (Fsp3) is 0.400. The van der Waals surface area contributed by atoms with Crippen LogP contribution >= 0.6 is 11.8 Å². The zero-order chi connectivity index (χ0) is 8.55. The van der Waals surface area contributed by atoms with Crippen LogP contribution in [0.15, 0.2) is 23.1 Å². The van der Waals surface area contributed by atoms with Gasteiger partial charge in [0, 0.05) is 10.9 Å². The Hall–Kier alpha value is -0.470. The summed E-state index contributed by atoms with van der Waals surface area (Å²) in [5.74, 6) is 1.16. The van der Waals surface area contributed by atoms with Gasteiger partial charge in [-0.25, -0.2) is 0 Å². The fourth-order valence-electron chi connectivity index (χ4n) is 1.54. The van der Waals surface area contributed by atoms with Crippen molar-refractivity contribution in [1.29, 1.82) is 0 Å². The zero-order valence-electron chi connectivity index (χ0n) is 7.21. The molecule has 1 nitrogen and oxygen atoms in total. The largest absolute Gasteiger partial charge is 0.324 e. The Morgan fingerprint density at radius 3 is 3.17 bits per heavy atom. The predicted molar refractivity (Wildman–Crippen MR) is 53.4 cm³/mol. The van der Waals surface area contributed by atoms with E-state index < -0.39 is 0 Å². The molecule has 2 rings (SSSR count). The Morgan fingerprint density at radius 2 is 2.33 bits per heavy atom. The number of hydrogen-bond donors (Lipinski definition) is 1. The molecule has 1 atom stereocenters. The monoisotopic (exact) mass is 179 g/mol. The predicted octanol–water partition coefficient (Wildman–Crippen LogP) is 2.49. The summed E-state index contributed by atoms with van der Waals surface area (Å²) in [6.45, 7) is 2.12. The van der Waals surface area contributed by atoms with Crippen LogP contribution in [0.5, 0.6) is 0 Å². The molecule has 1 aliphatic rings. The van der Waals surface area contributed by atoms with E-state index in [0.29, 0.717) is 0 Å². The second-order valence-corrected chi connectivity index (χ2v) is 4.42. The van der Waals surface area contributed by atoms with Crippen LogP contribution in [0.3, 0.4) is 0 Å². The number of rotatable bonds is 0. The quantitative estimate of drug-likeness (QED) is 0.662. The molecule has 2 N–H and O–H groups in total. The Bertz CT molecular complexity index is 296. The number of fused-ring (bicyclic) bond motifs is 1. The second-order valence-electron chi connectivity index (χ2n) is 3.28. The lowest BCUT2D eigenvalue weighted by molar-refractivity contribution is 0.679. The summed E-state index contributed by atoms with van der Waals surface area (Å²) in [6.07, 6.45) is 1.11.